The molecule has 8 rings (SSSR count). The Morgan fingerprint density at radius 2 is 1.53 bits per heavy atom. The van der Waals surface area contributed by atoms with E-state index < -0.39 is 28.3 Å². The van der Waals surface area contributed by atoms with Crippen molar-refractivity contribution in [1.29, 1.82) is 0 Å². The van der Waals surface area contributed by atoms with Crippen LogP contribution in [0.5, 0.6) is 0 Å². The molecule has 0 radical (unpaired) electrons. The molecule has 0 fully saturated rings. The van der Waals surface area contributed by atoms with Crippen molar-refractivity contribution < 1.29 is 17.6 Å². The summed E-state index contributed by atoms with van der Waals surface area (Å²) in [5.74, 6) is 0. The minimum absolute atomic E-state index is 0.0204. The SMILES string of the molecule is CC(C)(C)c1ccc2c(c1)c1ccccc1c1sc(-c3c(C(F)(F)F)c4cc5c6c(c4oc3=O)C(C)(C)CCN6CCC5(C)C)nc21. The van der Waals surface area contributed by atoms with Crippen molar-refractivity contribution >= 4 is 59.8 Å². The first-order chi connectivity index (χ1) is 22.0. The molecule has 0 bridgehead atoms. The molecule has 47 heavy (non-hydrogen) atoms. The van der Waals surface area contributed by atoms with Gasteiger partial charge in [0.05, 0.1) is 15.8 Å². The van der Waals surface area contributed by atoms with E-state index >= 15 is 13.2 Å². The van der Waals surface area contributed by atoms with Crippen LogP contribution in [-0.2, 0) is 22.4 Å². The van der Waals surface area contributed by atoms with Crippen molar-refractivity contribution in [3.63, 3.8) is 0 Å². The van der Waals surface area contributed by atoms with Gasteiger partial charge in [-0.1, -0.05) is 84.9 Å². The molecule has 0 amide bonds. The van der Waals surface area contributed by atoms with Crippen molar-refractivity contribution in [3.05, 3.63) is 81.2 Å². The van der Waals surface area contributed by atoms with Gasteiger partial charge in [-0.15, -0.1) is 11.3 Å². The van der Waals surface area contributed by atoms with E-state index in [1.165, 1.54) is 0 Å². The molecular formula is C39H37F3N2O2S. The Balaban J connectivity index is 1.50. The van der Waals surface area contributed by atoms with Crippen molar-refractivity contribution in [2.75, 3.05) is 18.0 Å². The van der Waals surface area contributed by atoms with E-state index in [-0.39, 0.29) is 26.8 Å². The van der Waals surface area contributed by atoms with Crippen molar-refractivity contribution in [3.8, 4) is 10.6 Å². The number of anilines is 1. The highest BCUT2D eigenvalue weighted by Gasteiger charge is 2.46. The lowest BCUT2D eigenvalue weighted by Gasteiger charge is -2.48. The van der Waals surface area contributed by atoms with E-state index in [4.69, 9.17) is 9.40 Å². The Morgan fingerprint density at radius 1 is 0.851 bits per heavy atom. The smallest absolute Gasteiger partial charge is 0.418 e. The van der Waals surface area contributed by atoms with Crippen molar-refractivity contribution in [2.24, 2.45) is 0 Å². The molecule has 0 atom stereocenters. The molecule has 4 aromatic carbocycles. The summed E-state index contributed by atoms with van der Waals surface area (Å²) in [6, 6.07) is 15.8. The van der Waals surface area contributed by atoms with E-state index in [1.54, 1.807) is 6.07 Å². The van der Waals surface area contributed by atoms with Crippen LogP contribution in [0.15, 0.2) is 57.7 Å². The van der Waals surface area contributed by atoms with E-state index in [9.17, 15) is 4.79 Å². The third kappa shape index (κ3) is 4.39. The summed E-state index contributed by atoms with van der Waals surface area (Å²) in [6.07, 6.45) is -3.25. The molecule has 0 saturated heterocycles. The van der Waals surface area contributed by atoms with Gasteiger partial charge in [0.25, 0.3) is 0 Å². The van der Waals surface area contributed by atoms with Gasteiger partial charge in [0.1, 0.15) is 16.2 Å². The van der Waals surface area contributed by atoms with Gasteiger partial charge < -0.3 is 9.32 Å². The summed E-state index contributed by atoms with van der Waals surface area (Å²) >= 11 is 1.13. The summed E-state index contributed by atoms with van der Waals surface area (Å²) in [5.41, 5.74) is 0.893. The third-order valence-electron chi connectivity index (χ3n) is 10.6. The largest absolute Gasteiger partial charge is 0.422 e. The Morgan fingerprint density at radius 3 is 2.21 bits per heavy atom. The number of alkyl halides is 3. The molecule has 0 N–H and O–H groups in total. The lowest BCUT2D eigenvalue weighted by atomic mass is 9.69. The van der Waals surface area contributed by atoms with Gasteiger partial charge in [0.2, 0.25) is 0 Å². The fourth-order valence-electron chi connectivity index (χ4n) is 7.86. The Labute approximate surface area is 275 Å². The molecule has 0 spiro atoms. The second-order valence-corrected chi connectivity index (χ2v) is 16.7. The average molecular weight is 655 g/mol. The number of thiazole rings is 1. The molecular weight excluding hydrogens is 618 g/mol. The zero-order chi connectivity index (χ0) is 33.4. The molecule has 2 aliphatic rings. The van der Waals surface area contributed by atoms with Crippen LogP contribution in [0.3, 0.4) is 0 Å². The molecule has 4 nitrogen and oxygen atoms in total. The molecule has 6 aromatic rings. The standard InChI is InChI=1S/C39H37F3N2O2S/c1-36(2,3)20-12-13-22-24(18-20)21-10-8-9-11-23(21)33-30(22)43-34(47-33)27-28(39(40,41)42)25-19-26-31-29(32(25)46-35(27)45)38(6,7)15-17-44(31)16-14-37(26,4)5/h8-13,18-19H,14-17H2,1-7H3. The summed E-state index contributed by atoms with van der Waals surface area (Å²) in [5, 5.41) is 3.68. The van der Waals surface area contributed by atoms with E-state index in [0.717, 1.165) is 80.3 Å². The monoisotopic (exact) mass is 654 g/mol. The van der Waals surface area contributed by atoms with Gasteiger partial charge in [0.15, 0.2) is 0 Å². The predicted molar refractivity (Wildman–Crippen MR) is 187 cm³/mol. The summed E-state index contributed by atoms with van der Waals surface area (Å²) in [7, 11) is 0. The lowest BCUT2D eigenvalue weighted by molar-refractivity contribution is -0.136. The second kappa shape index (κ2) is 9.59. The number of rotatable bonds is 1. The normalized spacial score (nSPS) is 17.6. The fraction of sp³-hybridized carbons (Fsp3) is 0.385. The lowest BCUT2D eigenvalue weighted by Crippen LogP contribution is -2.45. The van der Waals surface area contributed by atoms with Crippen LogP contribution >= 0.6 is 11.3 Å². The third-order valence-corrected chi connectivity index (χ3v) is 11.7. The molecule has 0 unspecified atom stereocenters. The van der Waals surface area contributed by atoms with Gasteiger partial charge in [-0.3, -0.25) is 0 Å². The minimum Gasteiger partial charge on any atom is -0.422 e. The number of fused-ring (bicyclic) bond motifs is 8. The zero-order valence-corrected chi connectivity index (χ0v) is 28.5. The predicted octanol–water partition coefficient (Wildman–Crippen LogP) is 10.9. The highest BCUT2D eigenvalue weighted by molar-refractivity contribution is 7.22. The van der Waals surface area contributed by atoms with Crippen LogP contribution in [0.25, 0.3) is 53.3 Å². The first kappa shape index (κ1) is 30.4. The summed E-state index contributed by atoms with van der Waals surface area (Å²) < 4.78 is 53.3. The number of hydrogen-bond donors (Lipinski definition) is 0. The quantitative estimate of drug-likeness (QED) is 0.131. The van der Waals surface area contributed by atoms with Gasteiger partial charge >= 0.3 is 11.8 Å². The van der Waals surface area contributed by atoms with E-state index in [1.807, 2.05) is 44.2 Å². The Hall–Kier alpha value is -3.91. The number of benzene rings is 4. The molecule has 4 heterocycles. The van der Waals surface area contributed by atoms with Gasteiger partial charge in [-0.2, -0.15) is 13.2 Å². The number of aromatic nitrogens is 1. The van der Waals surface area contributed by atoms with Crippen LogP contribution in [-0.4, -0.2) is 18.1 Å². The van der Waals surface area contributed by atoms with Crippen LogP contribution in [0.4, 0.5) is 18.9 Å². The molecule has 2 aromatic heterocycles. The first-order valence-electron chi connectivity index (χ1n) is 16.2. The van der Waals surface area contributed by atoms with Gasteiger partial charge in [-0.25, -0.2) is 9.78 Å². The number of hydrogen-bond acceptors (Lipinski definition) is 5. The first-order valence-corrected chi connectivity index (χ1v) is 17.1. The molecule has 0 saturated carbocycles. The van der Waals surface area contributed by atoms with Crippen molar-refractivity contribution in [2.45, 2.75) is 83.7 Å². The zero-order valence-electron chi connectivity index (χ0n) is 27.7. The second-order valence-electron chi connectivity index (χ2n) is 15.7. The molecule has 8 heteroatoms. The molecule has 0 aliphatic carbocycles. The Bertz CT molecular complexity index is 2370. The molecule has 242 valence electrons. The maximum atomic E-state index is 15.5. The average Bonchev–Trinajstić information content (AvgIpc) is 3.43. The Kier molecular flexibility index (Phi) is 6.21. The summed E-state index contributed by atoms with van der Waals surface area (Å²) in [6.45, 7) is 16.3. The van der Waals surface area contributed by atoms with E-state index in [2.05, 4.69) is 51.7 Å². The summed E-state index contributed by atoms with van der Waals surface area (Å²) in [4.78, 5) is 21.1. The van der Waals surface area contributed by atoms with Crippen LogP contribution in [0.2, 0.25) is 0 Å². The minimum atomic E-state index is -4.83. The number of halogens is 3. The fourth-order valence-corrected chi connectivity index (χ4v) is 9.02. The maximum absolute atomic E-state index is 15.5. The van der Waals surface area contributed by atoms with Gasteiger partial charge in [-0.05, 0) is 63.1 Å². The number of nitrogens with zero attached hydrogens (tertiary/aromatic N) is 2. The van der Waals surface area contributed by atoms with Crippen LogP contribution < -0.4 is 10.5 Å². The topological polar surface area (TPSA) is 46.3 Å². The highest BCUT2D eigenvalue weighted by Crippen LogP contribution is 2.54. The van der Waals surface area contributed by atoms with E-state index in [0.29, 0.717) is 11.1 Å². The maximum Gasteiger partial charge on any atom is 0.418 e. The van der Waals surface area contributed by atoms with Crippen LogP contribution in [0.1, 0.15) is 83.6 Å². The van der Waals surface area contributed by atoms with Gasteiger partial charge in [0, 0.05) is 40.5 Å². The van der Waals surface area contributed by atoms with Crippen LogP contribution in [0, 0.1) is 0 Å². The highest BCUT2D eigenvalue weighted by atomic mass is 32.1. The van der Waals surface area contributed by atoms with Crippen molar-refractivity contribution in [1.82, 2.24) is 4.98 Å². The molecule has 2 aliphatic heterocycles.